The number of rotatable bonds is 8. The molecule has 1 amide bonds. The summed E-state index contributed by atoms with van der Waals surface area (Å²) in [5, 5.41) is 106. The van der Waals surface area contributed by atoms with E-state index in [4.69, 9.17) is 17.2 Å². The maximum atomic E-state index is 13.1. The van der Waals surface area contributed by atoms with Crippen molar-refractivity contribution < 1.29 is 45.6 Å². The number of nitrogen functional groups attached to an aromatic ring is 2. The molecule has 4 aliphatic carbocycles. The van der Waals surface area contributed by atoms with Gasteiger partial charge in [0.2, 0.25) is 5.91 Å². The van der Waals surface area contributed by atoms with E-state index in [1.165, 1.54) is 12.7 Å². The minimum Gasteiger partial charge on any atom is -0.390 e. The first-order valence-corrected chi connectivity index (χ1v) is 47.7. The third kappa shape index (κ3) is 15.3. The Morgan fingerprint density at radius 2 is 0.857 bits per heavy atom. The fourth-order valence-corrected chi connectivity index (χ4v) is 24.3. The molecule has 16 heterocycles. The monoisotopic (exact) mass is 2050 g/mol. The molecule has 37 heteroatoms. The summed E-state index contributed by atoms with van der Waals surface area (Å²) >= 11 is 13.6. The first-order valence-electron chi connectivity index (χ1n) is 44.5. The zero-order valence-corrected chi connectivity index (χ0v) is 79.2. The van der Waals surface area contributed by atoms with E-state index in [9.17, 15) is 50.4 Å². The summed E-state index contributed by atoms with van der Waals surface area (Å²) in [6.45, 7) is 10.8. The lowest BCUT2D eigenvalue weighted by atomic mass is 9.80. The van der Waals surface area contributed by atoms with E-state index in [0.29, 0.717) is 91.2 Å². The maximum Gasteiger partial charge on any atom is 0.262 e. The number of carbonyl (C=O) groups is 1. The van der Waals surface area contributed by atoms with Gasteiger partial charge in [-0.15, -0.1) is 0 Å². The quantitative estimate of drug-likeness (QED) is 0.0672. The normalized spacial score (nSPS) is 29.3. The van der Waals surface area contributed by atoms with Gasteiger partial charge in [0, 0.05) is 157 Å². The van der Waals surface area contributed by atoms with Gasteiger partial charge < -0.3 is 107 Å². The number of aryl methyl sites for hydroxylation is 4. The van der Waals surface area contributed by atoms with Crippen molar-refractivity contribution in [2.75, 3.05) is 59.3 Å². The number of pyridine rings is 3. The van der Waals surface area contributed by atoms with E-state index < -0.39 is 71.1 Å². The number of aliphatic hydroxyl groups excluding tert-OH is 8. The predicted molar refractivity (Wildman–Crippen MR) is 521 cm³/mol. The number of hydrogen-bond acceptors (Lipinski definition) is 27. The van der Waals surface area contributed by atoms with Gasteiger partial charge in [0.15, 0.2) is 0 Å². The number of amides is 1. The second kappa shape index (κ2) is 34.0. The number of aliphatic hydroxyl groups is 8. The molecule has 1 unspecified atom stereocenters. The van der Waals surface area contributed by atoms with Crippen LogP contribution < -0.4 is 48.5 Å². The van der Waals surface area contributed by atoms with Crippen LogP contribution in [0.15, 0.2) is 188 Å². The predicted octanol–water partition coefficient (Wildman–Crippen LogP) is 11.2. The maximum absolute atomic E-state index is 13.1. The number of carbonyl (C=O) groups excluding carboxylic acids is 1. The molecule has 8 fully saturated rings. The molecule has 4 saturated carbocycles. The zero-order chi connectivity index (χ0) is 92.5. The summed E-state index contributed by atoms with van der Waals surface area (Å²) in [6.07, 6.45) is 13.4. The van der Waals surface area contributed by atoms with E-state index in [1.54, 1.807) is 17.6 Å². The fourth-order valence-electron chi connectivity index (χ4n) is 23.0. The molecular formula is C96H99Br4N23O10. The van der Waals surface area contributed by atoms with Crippen LogP contribution in [0, 0.1) is 49.4 Å². The van der Waals surface area contributed by atoms with Gasteiger partial charge in [-0.25, -0.2) is 49.8 Å². The summed E-state index contributed by atoms with van der Waals surface area (Å²) < 4.78 is 10.8. The van der Waals surface area contributed by atoms with Crippen molar-refractivity contribution in [3.8, 4) is 0 Å². The number of nitrogens with one attached hydrogen (secondary N) is 4. The number of benzene rings is 4. The topological polar surface area (TPSA) is 481 Å². The molecule has 33 nitrogen and oxygen atoms in total. The van der Waals surface area contributed by atoms with Crippen LogP contribution in [0.25, 0.3) is 82.9 Å². The van der Waals surface area contributed by atoms with Crippen molar-refractivity contribution in [2.45, 2.75) is 170 Å². The van der Waals surface area contributed by atoms with E-state index >= 15 is 0 Å². The molecule has 9 aliphatic rings. The number of nitrogens with zero attached hydrogens (tertiary/aromatic N) is 16. The van der Waals surface area contributed by atoms with E-state index in [2.05, 4.69) is 170 Å². The second-order valence-corrected chi connectivity index (χ2v) is 41.3. The molecule has 686 valence electrons. The molecule has 4 saturated heterocycles. The number of aromatic amines is 1. The van der Waals surface area contributed by atoms with Crippen LogP contribution in [0.1, 0.15) is 127 Å². The van der Waals surface area contributed by atoms with Crippen LogP contribution in [-0.2, 0) is 4.79 Å². The minimum atomic E-state index is -1.04. The number of nitrogens with two attached hydrogens (primary N) is 3. The van der Waals surface area contributed by atoms with Crippen molar-refractivity contribution >= 4 is 181 Å². The fraction of sp³-hybridized carbons (Fsp3) is 0.375. The molecule has 15 aromatic rings. The molecule has 5 aliphatic heterocycles. The number of hydrogen-bond donors (Lipinski definition) is 15. The Labute approximate surface area is 795 Å². The number of H-pyrrole nitrogens is 1. The molecule has 4 aromatic carbocycles. The van der Waals surface area contributed by atoms with Crippen molar-refractivity contribution in [3.05, 3.63) is 233 Å². The van der Waals surface area contributed by atoms with Crippen LogP contribution in [0.5, 0.6) is 0 Å². The van der Waals surface area contributed by atoms with Gasteiger partial charge in [0.1, 0.15) is 90.1 Å². The third-order valence-corrected chi connectivity index (χ3v) is 32.8. The number of fused-ring (bicyclic) bond motifs is 8. The van der Waals surface area contributed by atoms with Crippen LogP contribution in [0.4, 0.5) is 28.7 Å². The summed E-state index contributed by atoms with van der Waals surface area (Å²) in [5.41, 5.74) is 30.9. The van der Waals surface area contributed by atoms with Crippen LogP contribution in [-0.4, -0.2) is 208 Å². The van der Waals surface area contributed by atoms with Crippen LogP contribution in [0.2, 0.25) is 0 Å². The first-order chi connectivity index (χ1) is 63.8. The summed E-state index contributed by atoms with van der Waals surface area (Å²) in [6, 6.07) is 36.7. The van der Waals surface area contributed by atoms with Gasteiger partial charge >= 0.3 is 0 Å². The van der Waals surface area contributed by atoms with E-state index in [1.807, 2.05) is 162 Å². The highest BCUT2D eigenvalue weighted by atomic mass is 79.9. The van der Waals surface area contributed by atoms with Crippen molar-refractivity contribution in [2.24, 2.45) is 27.4 Å². The van der Waals surface area contributed by atoms with Crippen molar-refractivity contribution in [1.29, 1.82) is 0 Å². The van der Waals surface area contributed by atoms with Crippen LogP contribution >= 0.6 is 63.7 Å². The Morgan fingerprint density at radius 1 is 0.444 bits per heavy atom. The first kappa shape index (κ1) is 88.8. The van der Waals surface area contributed by atoms with Gasteiger partial charge in [0.25, 0.3) is 5.56 Å². The zero-order valence-electron chi connectivity index (χ0n) is 72.8. The minimum absolute atomic E-state index is 0.0214. The molecule has 0 bridgehead atoms. The molecule has 4 spiro atoms. The molecule has 0 radical (unpaired) electrons. The molecule has 133 heavy (non-hydrogen) atoms. The largest absolute Gasteiger partial charge is 0.390 e. The lowest BCUT2D eigenvalue weighted by Gasteiger charge is -2.29. The molecule has 24 rings (SSSR count). The van der Waals surface area contributed by atoms with E-state index in [0.717, 1.165) is 149 Å². The van der Waals surface area contributed by atoms with Gasteiger partial charge in [-0.1, -0.05) is 52.3 Å². The highest BCUT2D eigenvalue weighted by Gasteiger charge is 2.61. The van der Waals surface area contributed by atoms with Gasteiger partial charge in [-0.3, -0.25) is 9.59 Å². The summed E-state index contributed by atoms with van der Waals surface area (Å²) in [5.74, 6) is 0.753. The summed E-state index contributed by atoms with van der Waals surface area (Å²) in [7, 11) is 0. The Bertz CT molecular complexity index is 7280. The van der Waals surface area contributed by atoms with Crippen molar-refractivity contribution in [3.63, 3.8) is 0 Å². The lowest BCUT2D eigenvalue weighted by Crippen LogP contribution is -2.38. The third-order valence-electron chi connectivity index (χ3n) is 30.2. The molecular weight excluding hydrogens is 1950 g/mol. The Morgan fingerprint density at radius 3 is 1.35 bits per heavy atom. The second-order valence-electron chi connectivity index (χ2n) is 37.8. The van der Waals surface area contributed by atoms with Crippen molar-refractivity contribution in [1.82, 2.24) is 83.7 Å². The standard InChI is InChI=1S/C24H23BrN6O3.C24H25BrN6O2.C24H27BrN6O2.C24H24BrN5O3/c1-12-15-4-5-30(23(15)28-11-27-12)18-8-24(21(34)20(18)33)9-19(32)31(10-24)14-3-2-13-6-16(25)22(26)29-17(13)7-14;1-13-16-4-6-31(23(16)28-12-27-13)19-10-24(21(33)20(19)32)5-7-30(11-24)15-3-2-14-8-17(25)22(26)29-18(14)9-15;1-12-15-4-5-31(23(15)29-11-28-12)19-9-24(21(33)20(19)32)8-18(27-10-24)14-3-2-13-6-16(25)22(26)30-17(13)7-14;1-12-15-4-5-30(22(15)28-11-27-12)19-9-24(21(32)20(19)31)8-18(26-10-24)14-3-2-13-6-16(25)23(33)29-17(13)7-14/h2-7,11,18,20-21,33-34H,8-10H2,1H3,(H2,26,29);2-4,6,8-9,12,19-21,32-33H,5,7,10-11H2,1H3,(H2,26,29);2-7,11,18-22,27,30,32-33H,8-10,26H2,1H3;2-7,11,18-21,26,31-32H,8-10H2,1H3,(H,29,33)/t18-,20+,21+,24+;19-,20+,21+,24-;18-,19-,20+,21+,22?,24+;18-,19+,20-,21-,24-/m1110/s1. The lowest BCUT2D eigenvalue weighted by molar-refractivity contribution is -0.118. The van der Waals surface area contributed by atoms with Gasteiger partial charge in [0.05, 0.1) is 95.8 Å². The SMILES string of the molecule is Cc1ncnc2c1ccn2[C@@H]1C[C@@]2(CC(=O)N(c3ccc4cc(Br)c(N)nc4c3)C2)[C@@H](O)[C@H]1O.Cc1ncnc2c1ccn2[C@@H]1C[C@@]2(CCN(c3ccc4cc(Br)c(N)nc4c3)C2)[C@@H](O)[C@H]1O.Cc1ncnc2c1ccn2[C@@H]1C[C@@]2(CN[C@@H](c3ccc4c(c3)NC(N)C(Br)=C4)C2)[C@@H](O)[C@H]1O.Cc1ncnc2c1ccn2[C@@H]1C[C@@]2(CN[C@H](c3ccc4cc(Br)c(=O)[nH]c4c3)C2)[C@@H](O)[C@H]1O. The van der Waals surface area contributed by atoms with Gasteiger partial charge in [-0.05, 0) is 227 Å². The molecule has 11 aromatic heterocycles. The highest BCUT2D eigenvalue weighted by molar-refractivity contribution is 9.12. The molecule has 18 N–H and O–H groups in total. The van der Waals surface area contributed by atoms with E-state index in [-0.39, 0.29) is 59.7 Å². The highest BCUT2D eigenvalue weighted by Crippen LogP contribution is 2.58. The smallest absolute Gasteiger partial charge is 0.262 e. The number of halogens is 4. The Balaban J connectivity index is 0.000000107. The van der Waals surface area contributed by atoms with Crippen LogP contribution in [0.3, 0.4) is 0 Å². The number of anilines is 5. The Kier molecular flexibility index (Phi) is 22.7. The Hall–Kier alpha value is -10.7. The summed E-state index contributed by atoms with van der Waals surface area (Å²) in [4.78, 5) is 75.7. The number of aromatic nitrogens is 15. The average molecular weight is 2050 g/mol. The average Bonchev–Trinajstić information content (AvgIpc) is 1.58. The van der Waals surface area contributed by atoms with Gasteiger partial charge in [-0.2, -0.15) is 0 Å². The molecule has 19 atom stereocenters.